The van der Waals surface area contributed by atoms with Gasteiger partial charge >= 0.3 is 0 Å². The molecule has 0 radical (unpaired) electrons. The first-order valence-corrected chi connectivity index (χ1v) is 9.71. The maximum absolute atomic E-state index is 12.7. The summed E-state index contributed by atoms with van der Waals surface area (Å²) in [4.78, 5) is 21.0. The van der Waals surface area contributed by atoms with Gasteiger partial charge in [0.1, 0.15) is 0 Å². The fourth-order valence-corrected chi connectivity index (χ4v) is 4.15. The number of nitrogens with zero attached hydrogens (tertiary/aromatic N) is 5. The number of oxazole rings is 1. The van der Waals surface area contributed by atoms with Crippen molar-refractivity contribution in [2.45, 2.75) is 39.5 Å². The molecule has 0 unspecified atom stereocenters. The van der Waals surface area contributed by atoms with E-state index in [1.807, 2.05) is 9.58 Å². The van der Waals surface area contributed by atoms with Gasteiger partial charge in [0.25, 0.3) is 5.91 Å². The number of rotatable bonds is 3. The molecule has 28 heavy (non-hydrogen) atoms. The van der Waals surface area contributed by atoms with Crippen molar-refractivity contribution in [1.82, 2.24) is 24.6 Å². The van der Waals surface area contributed by atoms with E-state index in [9.17, 15) is 4.79 Å². The fraction of sp³-hybridized carbons (Fsp3) is 0.381. The first-order chi connectivity index (χ1) is 13.7. The van der Waals surface area contributed by atoms with Crippen LogP contribution < -0.4 is 0 Å². The number of hydrogen-bond donors (Lipinski definition) is 0. The van der Waals surface area contributed by atoms with Gasteiger partial charge in [-0.2, -0.15) is 5.10 Å². The van der Waals surface area contributed by atoms with E-state index < -0.39 is 0 Å². The molecule has 2 aromatic heterocycles. The molecule has 7 heteroatoms. The van der Waals surface area contributed by atoms with Crippen molar-refractivity contribution in [3.63, 3.8) is 0 Å². The van der Waals surface area contributed by atoms with Gasteiger partial charge in [0, 0.05) is 26.2 Å². The summed E-state index contributed by atoms with van der Waals surface area (Å²) in [5.74, 6) is 0.233. The van der Waals surface area contributed by atoms with Crippen LogP contribution in [0.25, 0.3) is 0 Å². The molecular formula is C21H23N5O2. The molecule has 0 atom stereocenters. The van der Waals surface area contributed by atoms with Gasteiger partial charge in [0.2, 0.25) is 5.76 Å². The standard InChI is InChI=1S/C21H23N5O2/c1-15-20(28-14-22-15)21(27)25-8-9-26-19(13-25)10-18(23-26)12-24-7-6-16-4-2-3-5-17(16)11-24/h2-5,10,14H,6-9,11-13H2,1H3. The molecule has 1 aromatic carbocycles. The third-order valence-electron chi connectivity index (χ3n) is 5.67. The minimum absolute atomic E-state index is 0.100. The van der Waals surface area contributed by atoms with Gasteiger partial charge in [-0.1, -0.05) is 24.3 Å². The van der Waals surface area contributed by atoms with Crippen LogP contribution in [0, 0.1) is 6.92 Å². The van der Waals surface area contributed by atoms with Crippen molar-refractivity contribution in [2.24, 2.45) is 0 Å². The minimum atomic E-state index is -0.100. The second kappa shape index (κ2) is 6.91. The number of benzene rings is 1. The highest BCUT2D eigenvalue weighted by Gasteiger charge is 2.27. The summed E-state index contributed by atoms with van der Waals surface area (Å²) in [6, 6.07) is 10.8. The number of amides is 1. The molecule has 0 saturated heterocycles. The third kappa shape index (κ3) is 3.11. The molecule has 0 fully saturated rings. The summed E-state index contributed by atoms with van der Waals surface area (Å²) in [6.07, 6.45) is 2.41. The quantitative estimate of drug-likeness (QED) is 0.701. The van der Waals surface area contributed by atoms with Gasteiger partial charge in [-0.15, -0.1) is 0 Å². The number of aryl methyl sites for hydroxylation is 1. The molecule has 0 N–H and O–H groups in total. The van der Waals surface area contributed by atoms with Crippen LogP contribution in [0.15, 0.2) is 41.1 Å². The lowest BCUT2D eigenvalue weighted by molar-refractivity contribution is 0.0672. The monoisotopic (exact) mass is 377 g/mol. The second-order valence-corrected chi connectivity index (χ2v) is 7.57. The molecule has 0 aliphatic carbocycles. The highest BCUT2D eigenvalue weighted by Crippen LogP contribution is 2.22. The van der Waals surface area contributed by atoms with Crippen LogP contribution >= 0.6 is 0 Å². The van der Waals surface area contributed by atoms with E-state index in [2.05, 4.69) is 40.2 Å². The van der Waals surface area contributed by atoms with Gasteiger partial charge in [0.15, 0.2) is 6.39 Å². The molecule has 1 amide bonds. The van der Waals surface area contributed by atoms with Crippen LogP contribution in [0.3, 0.4) is 0 Å². The Morgan fingerprint density at radius 3 is 2.82 bits per heavy atom. The molecular weight excluding hydrogens is 354 g/mol. The third-order valence-corrected chi connectivity index (χ3v) is 5.67. The molecule has 2 aliphatic heterocycles. The summed E-state index contributed by atoms with van der Waals surface area (Å²) in [5, 5.41) is 4.78. The predicted octanol–water partition coefficient (Wildman–Crippen LogP) is 2.39. The fourth-order valence-electron chi connectivity index (χ4n) is 4.15. The first-order valence-electron chi connectivity index (χ1n) is 9.71. The van der Waals surface area contributed by atoms with Crippen LogP contribution in [0.4, 0.5) is 0 Å². The molecule has 5 rings (SSSR count). The summed E-state index contributed by atoms with van der Waals surface area (Å²) in [7, 11) is 0. The van der Waals surface area contributed by atoms with Gasteiger partial charge in [-0.3, -0.25) is 14.4 Å². The molecule has 144 valence electrons. The zero-order valence-electron chi connectivity index (χ0n) is 16.0. The van der Waals surface area contributed by atoms with E-state index in [1.165, 1.54) is 17.5 Å². The maximum Gasteiger partial charge on any atom is 0.291 e. The van der Waals surface area contributed by atoms with Crippen molar-refractivity contribution in [2.75, 3.05) is 13.1 Å². The van der Waals surface area contributed by atoms with Gasteiger partial charge in [0.05, 0.1) is 30.2 Å². The van der Waals surface area contributed by atoms with E-state index in [0.717, 1.165) is 37.4 Å². The largest absolute Gasteiger partial charge is 0.438 e. The Balaban J connectivity index is 1.28. The average Bonchev–Trinajstić information content (AvgIpc) is 3.32. The SMILES string of the molecule is Cc1ncoc1C(=O)N1CCn2nc(CN3CCc4ccccc4C3)cc2C1. The molecule has 2 aliphatic rings. The molecule has 0 saturated carbocycles. The average molecular weight is 377 g/mol. The number of fused-ring (bicyclic) bond motifs is 2. The number of carbonyl (C=O) groups is 1. The van der Waals surface area contributed by atoms with E-state index in [-0.39, 0.29) is 5.91 Å². The Bertz CT molecular complexity index is 1020. The van der Waals surface area contributed by atoms with Crippen molar-refractivity contribution in [1.29, 1.82) is 0 Å². The van der Waals surface area contributed by atoms with Crippen LogP contribution in [-0.4, -0.2) is 43.6 Å². The summed E-state index contributed by atoms with van der Waals surface area (Å²) in [6.45, 7) is 6.53. The maximum atomic E-state index is 12.7. The van der Waals surface area contributed by atoms with Crippen LogP contribution in [0.5, 0.6) is 0 Å². The normalized spacial score (nSPS) is 16.7. The lowest BCUT2D eigenvalue weighted by Crippen LogP contribution is -2.38. The Morgan fingerprint density at radius 2 is 2.00 bits per heavy atom. The minimum Gasteiger partial charge on any atom is -0.438 e. The van der Waals surface area contributed by atoms with Gasteiger partial charge < -0.3 is 9.32 Å². The Labute approximate surface area is 163 Å². The lowest BCUT2D eigenvalue weighted by Gasteiger charge is -2.27. The number of carbonyl (C=O) groups excluding carboxylic acids is 1. The van der Waals surface area contributed by atoms with Crippen molar-refractivity contribution in [3.05, 3.63) is 70.7 Å². The smallest absolute Gasteiger partial charge is 0.291 e. The second-order valence-electron chi connectivity index (χ2n) is 7.57. The Hall–Kier alpha value is -2.93. The van der Waals surface area contributed by atoms with E-state index >= 15 is 0 Å². The van der Waals surface area contributed by atoms with Crippen LogP contribution in [0.1, 0.15) is 38.8 Å². The van der Waals surface area contributed by atoms with Gasteiger partial charge in [-0.25, -0.2) is 4.98 Å². The van der Waals surface area contributed by atoms with Crippen molar-refractivity contribution in [3.8, 4) is 0 Å². The molecule has 3 aromatic rings. The number of aromatic nitrogens is 3. The zero-order valence-corrected chi connectivity index (χ0v) is 16.0. The number of hydrogen-bond acceptors (Lipinski definition) is 5. The predicted molar refractivity (Wildman–Crippen MR) is 102 cm³/mol. The Kier molecular flexibility index (Phi) is 4.24. The topological polar surface area (TPSA) is 67.4 Å². The van der Waals surface area contributed by atoms with Crippen LogP contribution in [0.2, 0.25) is 0 Å². The molecule has 0 spiro atoms. The van der Waals surface area contributed by atoms with Crippen molar-refractivity contribution < 1.29 is 9.21 Å². The van der Waals surface area contributed by atoms with E-state index in [0.29, 0.717) is 31.1 Å². The summed E-state index contributed by atoms with van der Waals surface area (Å²) in [5.41, 5.74) is 5.65. The molecule has 7 nitrogen and oxygen atoms in total. The highest BCUT2D eigenvalue weighted by atomic mass is 16.3. The molecule has 4 heterocycles. The summed E-state index contributed by atoms with van der Waals surface area (Å²) < 4.78 is 7.30. The first kappa shape index (κ1) is 17.2. The van der Waals surface area contributed by atoms with Crippen LogP contribution in [-0.2, 0) is 32.6 Å². The Morgan fingerprint density at radius 1 is 1.14 bits per heavy atom. The van der Waals surface area contributed by atoms with E-state index in [4.69, 9.17) is 9.52 Å². The zero-order chi connectivity index (χ0) is 19.1. The lowest BCUT2D eigenvalue weighted by atomic mass is 10.00. The van der Waals surface area contributed by atoms with Gasteiger partial charge in [-0.05, 0) is 30.5 Å². The van der Waals surface area contributed by atoms with Crippen molar-refractivity contribution >= 4 is 5.91 Å². The molecule has 0 bridgehead atoms. The summed E-state index contributed by atoms with van der Waals surface area (Å²) >= 11 is 0. The highest BCUT2D eigenvalue weighted by molar-refractivity contribution is 5.92. The van der Waals surface area contributed by atoms with E-state index in [1.54, 1.807) is 6.92 Å².